The highest BCUT2D eigenvalue weighted by atomic mass is 79.9. The molecule has 1 aromatic carbocycles. The minimum atomic E-state index is -0.338. The van der Waals surface area contributed by atoms with Gasteiger partial charge >= 0.3 is 0 Å². The SMILES string of the molecule is NCC(Oc1cc(F)cc(Br)c1)c1ccsc1. The summed E-state index contributed by atoms with van der Waals surface area (Å²) in [5.41, 5.74) is 6.67. The Labute approximate surface area is 111 Å². The van der Waals surface area contributed by atoms with Crippen molar-refractivity contribution >= 4 is 27.3 Å². The minimum Gasteiger partial charge on any atom is -0.484 e. The molecular weight excluding hydrogens is 305 g/mol. The lowest BCUT2D eigenvalue weighted by Crippen LogP contribution is -2.17. The van der Waals surface area contributed by atoms with Crippen LogP contribution < -0.4 is 10.5 Å². The molecule has 0 aliphatic rings. The second-order valence-electron chi connectivity index (χ2n) is 3.50. The quantitative estimate of drug-likeness (QED) is 0.933. The van der Waals surface area contributed by atoms with Crippen LogP contribution in [0.3, 0.4) is 0 Å². The third-order valence-electron chi connectivity index (χ3n) is 2.24. The first-order valence-corrected chi connectivity index (χ1v) is 6.77. The van der Waals surface area contributed by atoms with Gasteiger partial charge in [0.25, 0.3) is 0 Å². The molecule has 1 unspecified atom stereocenters. The number of hydrogen-bond donors (Lipinski definition) is 1. The summed E-state index contributed by atoms with van der Waals surface area (Å²) < 4.78 is 19.5. The van der Waals surface area contributed by atoms with Gasteiger partial charge in [-0.1, -0.05) is 15.9 Å². The van der Waals surface area contributed by atoms with Gasteiger partial charge in [0.2, 0.25) is 0 Å². The van der Waals surface area contributed by atoms with Crippen molar-refractivity contribution in [1.82, 2.24) is 0 Å². The molecule has 1 heterocycles. The lowest BCUT2D eigenvalue weighted by molar-refractivity contribution is 0.214. The molecule has 0 aliphatic heterocycles. The average Bonchev–Trinajstić information content (AvgIpc) is 2.77. The van der Waals surface area contributed by atoms with E-state index in [9.17, 15) is 4.39 Å². The molecule has 1 atom stereocenters. The Morgan fingerprint density at radius 1 is 1.41 bits per heavy atom. The Morgan fingerprint density at radius 3 is 2.82 bits per heavy atom. The molecule has 0 saturated carbocycles. The number of rotatable bonds is 4. The standard InChI is InChI=1S/C12H11BrFNOS/c13-9-3-10(14)5-11(4-9)16-12(6-15)8-1-2-17-7-8/h1-5,7,12H,6,15H2. The van der Waals surface area contributed by atoms with Crippen molar-refractivity contribution in [2.24, 2.45) is 5.73 Å². The highest BCUT2D eigenvalue weighted by molar-refractivity contribution is 9.10. The molecular formula is C12H11BrFNOS. The second-order valence-corrected chi connectivity index (χ2v) is 5.20. The lowest BCUT2D eigenvalue weighted by Gasteiger charge is -2.16. The summed E-state index contributed by atoms with van der Waals surface area (Å²) in [6.07, 6.45) is -0.241. The van der Waals surface area contributed by atoms with E-state index in [-0.39, 0.29) is 11.9 Å². The number of thiophene rings is 1. The highest BCUT2D eigenvalue weighted by Gasteiger charge is 2.12. The highest BCUT2D eigenvalue weighted by Crippen LogP contribution is 2.26. The smallest absolute Gasteiger partial charge is 0.137 e. The van der Waals surface area contributed by atoms with Crippen LogP contribution in [-0.2, 0) is 0 Å². The Morgan fingerprint density at radius 2 is 2.24 bits per heavy atom. The third-order valence-corrected chi connectivity index (χ3v) is 3.40. The van der Waals surface area contributed by atoms with Gasteiger partial charge in [-0.15, -0.1) is 0 Å². The Hall–Kier alpha value is -0.910. The average molecular weight is 316 g/mol. The van der Waals surface area contributed by atoms with Crippen molar-refractivity contribution < 1.29 is 9.13 Å². The van der Waals surface area contributed by atoms with Gasteiger partial charge < -0.3 is 10.5 Å². The summed E-state index contributed by atoms with van der Waals surface area (Å²) in [6, 6.07) is 6.41. The predicted molar refractivity (Wildman–Crippen MR) is 70.8 cm³/mol. The monoisotopic (exact) mass is 315 g/mol. The maximum atomic E-state index is 13.2. The van der Waals surface area contributed by atoms with E-state index in [0.29, 0.717) is 16.8 Å². The fourth-order valence-corrected chi connectivity index (χ4v) is 2.62. The van der Waals surface area contributed by atoms with Crippen molar-refractivity contribution in [3.63, 3.8) is 0 Å². The van der Waals surface area contributed by atoms with E-state index in [1.807, 2.05) is 16.8 Å². The molecule has 2 N–H and O–H groups in total. The Bertz CT molecular complexity index is 469. The number of halogens is 2. The van der Waals surface area contributed by atoms with Crippen LogP contribution in [0.25, 0.3) is 0 Å². The second kappa shape index (κ2) is 5.62. The first-order chi connectivity index (χ1) is 8.19. The van der Waals surface area contributed by atoms with E-state index < -0.39 is 0 Å². The zero-order chi connectivity index (χ0) is 12.3. The van der Waals surface area contributed by atoms with Gasteiger partial charge in [0, 0.05) is 22.6 Å². The van der Waals surface area contributed by atoms with Gasteiger partial charge in [-0.3, -0.25) is 0 Å². The summed E-state index contributed by atoms with van der Waals surface area (Å²) in [5, 5.41) is 3.94. The van der Waals surface area contributed by atoms with Crippen LogP contribution in [0.2, 0.25) is 0 Å². The molecule has 0 fully saturated rings. The number of nitrogens with two attached hydrogens (primary N) is 1. The van der Waals surface area contributed by atoms with Crippen LogP contribution in [0.15, 0.2) is 39.5 Å². The molecule has 17 heavy (non-hydrogen) atoms. The van der Waals surface area contributed by atoms with Crippen molar-refractivity contribution in [1.29, 1.82) is 0 Å². The number of benzene rings is 1. The Kier molecular flexibility index (Phi) is 4.15. The van der Waals surface area contributed by atoms with Crippen molar-refractivity contribution in [3.8, 4) is 5.75 Å². The largest absolute Gasteiger partial charge is 0.484 e. The zero-order valence-electron chi connectivity index (χ0n) is 8.90. The maximum Gasteiger partial charge on any atom is 0.137 e. The molecule has 5 heteroatoms. The van der Waals surface area contributed by atoms with E-state index in [0.717, 1.165) is 5.56 Å². The van der Waals surface area contributed by atoms with Crippen LogP contribution in [0.1, 0.15) is 11.7 Å². The van der Waals surface area contributed by atoms with Gasteiger partial charge in [0.15, 0.2) is 0 Å². The summed E-state index contributed by atoms with van der Waals surface area (Å²) in [4.78, 5) is 0. The zero-order valence-corrected chi connectivity index (χ0v) is 11.3. The van der Waals surface area contributed by atoms with Crippen LogP contribution in [-0.4, -0.2) is 6.54 Å². The number of ether oxygens (including phenoxy) is 1. The van der Waals surface area contributed by atoms with Gasteiger partial charge in [0.05, 0.1) is 0 Å². The molecule has 2 aromatic rings. The normalized spacial score (nSPS) is 12.4. The van der Waals surface area contributed by atoms with Gasteiger partial charge in [-0.2, -0.15) is 11.3 Å². The van der Waals surface area contributed by atoms with Gasteiger partial charge in [-0.05, 0) is 29.0 Å². The van der Waals surface area contributed by atoms with Gasteiger partial charge in [0.1, 0.15) is 17.7 Å². The molecule has 0 aliphatic carbocycles. The van der Waals surface area contributed by atoms with Gasteiger partial charge in [-0.25, -0.2) is 4.39 Å². The third kappa shape index (κ3) is 3.28. The fraction of sp³-hybridized carbons (Fsp3) is 0.167. The first kappa shape index (κ1) is 12.5. The van der Waals surface area contributed by atoms with Crippen molar-refractivity contribution in [2.45, 2.75) is 6.10 Å². The minimum absolute atomic E-state index is 0.241. The van der Waals surface area contributed by atoms with E-state index in [1.165, 1.54) is 12.1 Å². The molecule has 0 spiro atoms. The fourth-order valence-electron chi connectivity index (χ4n) is 1.47. The molecule has 0 bridgehead atoms. The molecule has 0 saturated heterocycles. The van der Waals surface area contributed by atoms with E-state index in [2.05, 4.69) is 15.9 Å². The number of hydrogen-bond acceptors (Lipinski definition) is 3. The summed E-state index contributed by atoms with van der Waals surface area (Å²) in [7, 11) is 0. The first-order valence-electron chi connectivity index (χ1n) is 5.04. The molecule has 0 radical (unpaired) electrons. The topological polar surface area (TPSA) is 35.2 Å². The predicted octanol–water partition coefficient (Wildman–Crippen LogP) is 3.73. The summed E-state index contributed by atoms with van der Waals surface area (Å²) in [6.45, 7) is 0.352. The molecule has 1 aromatic heterocycles. The van der Waals surface area contributed by atoms with E-state index >= 15 is 0 Å². The molecule has 2 nitrogen and oxygen atoms in total. The molecule has 90 valence electrons. The summed E-state index contributed by atoms with van der Waals surface area (Å²) in [5.74, 6) is 0.133. The lowest BCUT2D eigenvalue weighted by atomic mass is 10.2. The van der Waals surface area contributed by atoms with Crippen LogP contribution in [0, 0.1) is 5.82 Å². The van der Waals surface area contributed by atoms with Crippen molar-refractivity contribution in [3.05, 3.63) is 50.9 Å². The van der Waals surface area contributed by atoms with Crippen LogP contribution in [0.5, 0.6) is 5.75 Å². The summed E-state index contributed by atoms with van der Waals surface area (Å²) >= 11 is 4.81. The van der Waals surface area contributed by atoms with Crippen molar-refractivity contribution in [2.75, 3.05) is 6.54 Å². The Balaban J connectivity index is 2.18. The van der Waals surface area contributed by atoms with Crippen LogP contribution in [0.4, 0.5) is 4.39 Å². The maximum absolute atomic E-state index is 13.2. The molecule has 2 rings (SSSR count). The van der Waals surface area contributed by atoms with E-state index in [4.69, 9.17) is 10.5 Å². The van der Waals surface area contributed by atoms with E-state index in [1.54, 1.807) is 17.4 Å². The molecule has 0 amide bonds. The van der Waals surface area contributed by atoms with Crippen LogP contribution >= 0.6 is 27.3 Å².